The number of benzene rings is 2. The zero-order valence-corrected chi connectivity index (χ0v) is 30.1. The predicted molar refractivity (Wildman–Crippen MR) is 197 cm³/mol. The van der Waals surface area contributed by atoms with Gasteiger partial charge < -0.3 is 18.9 Å². The molecule has 51 heavy (non-hydrogen) atoms. The molecule has 3 aliphatic rings. The van der Waals surface area contributed by atoms with Crippen LogP contribution in [0.4, 0.5) is 5.13 Å². The maximum absolute atomic E-state index is 13.5. The number of anilines is 1. The molecule has 10 nitrogen and oxygen atoms in total. The van der Waals surface area contributed by atoms with Crippen LogP contribution in [0, 0.1) is 17.8 Å². The molecule has 3 aromatic rings. The highest BCUT2D eigenvalue weighted by atomic mass is 32.1. The van der Waals surface area contributed by atoms with Gasteiger partial charge in [-0.05, 0) is 111 Å². The molecule has 0 bridgehead atoms. The molecule has 2 fully saturated rings. The number of esters is 3. The van der Waals surface area contributed by atoms with Gasteiger partial charge in [-0.3, -0.25) is 9.59 Å². The summed E-state index contributed by atoms with van der Waals surface area (Å²) in [4.78, 5) is 43.6. The van der Waals surface area contributed by atoms with Crippen LogP contribution in [-0.2, 0) is 25.5 Å². The molecule has 2 aromatic carbocycles. The fourth-order valence-electron chi connectivity index (χ4n) is 6.79. The Bertz CT molecular complexity index is 1770. The van der Waals surface area contributed by atoms with Crippen LogP contribution in [0.25, 0.3) is 6.08 Å². The highest BCUT2D eigenvalue weighted by Gasteiger charge is 2.32. The second-order valence-electron chi connectivity index (χ2n) is 13.6. The summed E-state index contributed by atoms with van der Waals surface area (Å²) >= 11 is 1.62. The highest BCUT2D eigenvalue weighted by molar-refractivity contribution is 7.16. The number of allylic oxidation sites excluding steroid dienone is 1. The molecule has 0 spiro atoms. The molecule has 1 heterocycles. The van der Waals surface area contributed by atoms with Gasteiger partial charge >= 0.3 is 17.9 Å². The molecule has 2 saturated carbocycles. The molecule has 0 amide bonds. The van der Waals surface area contributed by atoms with Crippen molar-refractivity contribution in [1.29, 1.82) is 0 Å². The SMILES string of the molecule is C=CC(=O)OCOc1ccc(OC(=O)C2CCC(C(=O)Oc3ccc(C4CCC(C)CC4)cc3/C=N/N(C)c3nc4c(s3)C=CCC4)CC2)cc1. The van der Waals surface area contributed by atoms with Crippen LogP contribution in [0.15, 0.2) is 66.3 Å². The molecular weight excluding hydrogens is 667 g/mol. The minimum Gasteiger partial charge on any atom is -0.457 e. The lowest BCUT2D eigenvalue weighted by Gasteiger charge is -2.27. The number of nitrogens with zero attached hydrogens (tertiary/aromatic N) is 3. The van der Waals surface area contributed by atoms with E-state index in [2.05, 4.69) is 37.8 Å². The lowest BCUT2D eigenvalue weighted by atomic mass is 9.79. The van der Waals surface area contributed by atoms with E-state index in [4.69, 9.17) is 29.0 Å². The summed E-state index contributed by atoms with van der Waals surface area (Å²) in [6.45, 7) is 5.40. The number of thiazole rings is 1. The highest BCUT2D eigenvalue weighted by Crippen LogP contribution is 2.38. The number of fused-ring (bicyclic) bond motifs is 1. The largest absolute Gasteiger partial charge is 0.457 e. The molecule has 0 N–H and O–H groups in total. The molecule has 0 radical (unpaired) electrons. The van der Waals surface area contributed by atoms with Crippen LogP contribution in [0.2, 0.25) is 0 Å². The molecule has 0 saturated heterocycles. The summed E-state index contributed by atoms with van der Waals surface area (Å²) in [5, 5.41) is 7.34. The van der Waals surface area contributed by atoms with Gasteiger partial charge in [-0.1, -0.05) is 49.8 Å². The number of hydrazone groups is 1. The van der Waals surface area contributed by atoms with Gasteiger partial charge in [-0.15, -0.1) is 0 Å². The Labute approximate surface area is 303 Å². The van der Waals surface area contributed by atoms with Gasteiger partial charge in [0, 0.05) is 18.7 Å². The number of aryl methyl sites for hydroxylation is 1. The van der Waals surface area contributed by atoms with E-state index in [1.807, 2.05) is 13.1 Å². The van der Waals surface area contributed by atoms with Crippen LogP contribution in [0.1, 0.15) is 92.3 Å². The zero-order valence-electron chi connectivity index (χ0n) is 29.3. The van der Waals surface area contributed by atoms with Crippen molar-refractivity contribution in [2.75, 3.05) is 18.8 Å². The maximum Gasteiger partial charge on any atom is 0.333 e. The number of aromatic nitrogens is 1. The number of ether oxygens (including phenoxy) is 4. The zero-order chi connectivity index (χ0) is 35.7. The van der Waals surface area contributed by atoms with Gasteiger partial charge in [0.25, 0.3) is 0 Å². The standard InChI is InChI=1S/C40H45N3O7S/c1-4-37(44)48-25-47-32-18-20-33(21-19-32)49-38(45)28-13-15-29(16-14-28)39(46)50-35-22-17-30(27-11-9-26(2)10-12-27)23-31(35)24-41-43(3)40-42-34-7-5-6-8-36(34)51-40/h4,6,8,17-24,26-29H,1,5,7,9-16,25H2,2-3H3/b41-24+. The Morgan fingerprint density at radius 1 is 0.941 bits per heavy atom. The van der Waals surface area contributed by atoms with E-state index in [0.29, 0.717) is 48.8 Å². The molecule has 0 unspecified atom stereocenters. The molecule has 0 aliphatic heterocycles. The van der Waals surface area contributed by atoms with E-state index < -0.39 is 5.97 Å². The average Bonchev–Trinajstić information content (AvgIpc) is 3.60. The third-order valence-electron chi connectivity index (χ3n) is 9.94. The van der Waals surface area contributed by atoms with Crippen molar-refractivity contribution in [3.63, 3.8) is 0 Å². The Balaban J connectivity index is 1.06. The van der Waals surface area contributed by atoms with Crippen molar-refractivity contribution in [3.8, 4) is 17.2 Å². The summed E-state index contributed by atoms with van der Waals surface area (Å²) < 4.78 is 21.8. The minimum absolute atomic E-state index is 0.250. The van der Waals surface area contributed by atoms with Crippen molar-refractivity contribution >= 4 is 46.7 Å². The lowest BCUT2D eigenvalue weighted by Crippen LogP contribution is -2.30. The first kappa shape index (κ1) is 36.0. The molecule has 3 aliphatic carbocycles. The normalized spacial score (nSPS) is 21.4. The molecule has 268 valence electrons. The van der Waals surface area contributed by atoms with E-state index in [1.54, 1.807) is 46.8 Å². The van der Waals surface area contributed by atoms with Gasteiger partial charge in [0.2, 0.25) is 11.9 Å². The summed E-state index contributed by atoms with van der Waals surface area (Å²) in [5.41, 5.74) is 3.12. The van der Waals surface area contributed by atoms with Crippen molar-refractivity contribution < 1.29 is 33.3 Å². The fourth-order valence-corrected chi connectivity index (χ4v) is 7.75. The first-order valence-corrected chi connectivity index (χ1v) is 18.6. The molecular formula is C40H45N3O7S. The van der Waals surface area contributed by atoms with Crippen LogP contribution in [0.3, 0.4) is 0 Å². The third kappa shape index (κ3) is 9.52. The fraction of sp³-hybridized carbons (Fsp3) is 0.425. The van der Waals surface area contributed by atoms with Crippen LogP contribution >= 0.6 is 11.3 Å². The van der Waals surface area contributed by atoms with Crippen LogP contribution in [-0.4, -0.2) is 42.9 Å². The average molecular weight is 712 g/mol. The summed E-state index contributed by atoms with van der Waals surface area (Å²) in [6.07, 6.45) is 15.9. The number of carbonyl (C=O) groups excluding carboxylic acids is 3. The number of rotatable bonds is 12. The summed E-state index contributed by atoms with van der Waals surface area (Å²) in [7, 11) is 1.89. The Morgan fingerprint density at radius 2 is 1.63 bits per heavy atom. The van der Waals surface area contributed by atoms with Crippen molar-refractivity contribution in [2.45, 2.75) is 77.0 Å². The first-order chi connectivity index (χ1) is 24.7. The molecule has 0 atom stereocenters. The van der Waals surface area contributed by atoms with Gasteiger partial charge in [0.05, 0.1) is 28.6 Å². The number of hydrogen-bond acceptors (Lipinski definition) is 11. The third-order valence-corrected chi connectivity index (χ3v) is 11.1. The predicted octanol–water partition coefficient (Wildman–Crippen LogP) is 8.25. The van der Waals surface area contributed by atoms with Gasteiger partial charge in [0.1, 0.15) is 17.2 Å². The minimum atomic E-state index is -0.580. The summed E-state index contributed by atoms with van der Waals surface area (Å²) in [5.74, 6) is 0.720. The van der Waals surface area contributed by atoms with Gasteiger partial charge in [0.15, 0.2) is 0 Å². The topological polar surface area (TPSA) is 117 Å². The van der Waals surface area contributed by atoms with Crippen molar-refractivity contribution in [2.24, 2.45) is 22.9 Å². The Morgan fingerprint density at radius 3 is 2.31 bits per heavy atom. The first-order valence-electron chi connectivity index (χ1n) is 17.8. The van der Waals surface area contributed by atoms with E-state index >= 15 is 0 Å². The van der Waals surface area contributed by atoms with Crippen LogP contribution in [0.5, 0.6) is 17.2 Å². The molecule has 6 rings (SSSR count). The Kier molecular flexibility index (Phi) is 12.0. The van der Waals surface area contributed by atoms with E-state index in [1.165, 1.54) is 23.3 Å². The van der Waals surface area contributed by atoms with Gasteiger partial charge in [-0.2, -0.15) is 5.10 Å². The summed E-state index contributed by atoms with van der Waals surface area (Å²) in [6, 6.07) is 12.6. The second kappa shape index (κ2) is 17.0. The number of hydrogen-bond donors (Lipinski definition) is 0. The van der Waals surface area contributed by atoms with Crippen LogP contribution < -0.4 is 19.2 Å². The number of carbonyl (C=O) groups is 3. The molecule has 1 aromatic heterocycles. The van der Waals surface area contributed by atoms with E-state index in [0.717, 1.165) is 54.1 Å². The lowest BCUT2D eigenvalue weighted by molar-refractivity contribution is -0.145. The second-order valence-corrected chi connectivity index (χ2v) is 14.6. The quantitative estimate of drug-likeness (QED) is 0.0457. The Hall–Kier alpha value is -4.77. The monoisotopic (exact) mass is 711 g/mol. The van der Waals surface area contributed by atoms with Gasteiger partial charge in [-0.25, -0.2) is 14.8 Å². The maximum atomic E-state index is 13.5. The smallest absolute Gasteiger partial charge is 0.333 e. The van der Waals surface area contributed by atoms with E-state index in [-0.39, 0.29) is 30.6 Å². The van der Waals surface area contributed by atoms with E-state index in [9.17, 15) is 14.4 Å². The van der Waals surface area contributed by atoms with Crippen molar-refractivity contribution in [3.05, 3.63) is 82.9 Å². The molecule has 11 heteroatoms. The van der Waals surface area contributed by atoms with Crippen molar-refractivity contribution in [1.82, 2.24) is 4.98 Å².